The number of rotatable bonds is 7. The van der Waals surface area contributed by atoms with Gasteiger partial charge in [-0.3, -0.25) is 14.7 Å². The molecule has 2 aliphatic rings. The average Bonchev–Trinajstić information content (AvgIpc) is 3.19. The van der Waals surface area contributed by atoms with Crippen LogP contribution >= 0.6 is 0 Å². The lowest BCUT2D eigenvalue weighted by Gasteiger charge is -2.39. The van der Waals surface area contributed by atoms with Crippen LogP contribution in [-0.4, -0.2) is 54.2 Å². The molecular weight excluding hydrogens is 378 g/mol. The van der Waals surface area contributed by atoms with Crippen LogP contribution in [-0.2, 0) is 20.8 Å². The molecule has 2 aliphatic heterocycles. The molecule has 1 amide bonds. The highest BCUT2D eigenvalue weighted by atomic mass is 16.5. The third kappa shape index (κ3) is 5.06. The molecule has 4 rings (SSSR count). The molecule has 0 aliphatic carbocycles. The van der Waals surface area contributed by atoms with Gasteiger partial charge in [-0.25, -0.2) is 0 Å². The molecule has 30 heavy (non-hydrogen) atoms. The summed E-state index contributed by atoms with van der Waals surface area (Å²) in [6.45, 7) is 3.55. The van der Waals surface area contributed by atoms with Crippen molar-refractivity contribution < 1.29 is 14.3 Å². The van der Waals surface area contributed by atoms with Gasteiger partial charge in [0.05, 0.1) is 11.7 Å². The summed E-state index contributed by atoms with van der Waals surface area (Å²) in [6.07, 6.45) is 7.40. The van der Waals surface area contributed by atoms with E-state index in [1.54, 1.807) is 7.11 Å². The van der Waals surface area contributed by atoms with Crippen molar-refractivity contribution in [3.8, 4) is 0 Å². The van der Waals surface area contributed by atoms with Gasteiger partial charge in [-0.2, -0.15) is 0 Å². The van der Waals surface area contributed by atoms with Gasteiger partial charge < -0.3 is 14.8 Å². The first-order valence-electron chi connectivity index (χ1n) is 10.8. The van der Waals surface area contributed by atoms with Crippen LogP contribution in [0.15, 0.2) is 54.9 Å². The Morgan fingerprint density at radius 3 is 2.73 bits per heavy atom. The van der Waals surface area contributed by atoms with Gasteiger partial charge in [-0.05, 0) is 42.9 Å². The van der Waals surface area contributed by atoms with Crippen LogP contribution in [0, 0.1) is 0 Å². The van der Waals surface area contributed by atoms with Crippen molar-refractivity contribution in [2.45, 2.75) is 50.0 Å². The molecule has 2 unspecified atom stereocenters. The molecule has 2 atom stereocenters. The molecule has 6 nitrogen and oxygen atoms in total. The second kappa shape index (κ2) is 9.69. The molecule has 2 fully saturated rings. The third-order valence-electron chi connectivity index (χ3n) is 6.31. The van der Waals surface area contributed by atoms with E-state index in [-0.39, 0.29) is 17.6 Å². The highest BCUT2D eigenvalue weighted by Crippen LogP contribution is 2.39. The Labute approximate surface area is 178 Å². The summed E-state index contributed by atoms with van der Waals surface area (Å²) in [6, 6.07) is 13.7. The van der Waals surface area contributed by atoms with E-state index in [0.29, 0.717) is 6.54 Å². The fourth-order valence-electron chi connectivity index (χ4n) is 4.60. The first kappa shape index (κ1) is 21.0. The number of ether oxygens (including phenoxy) is 2. The molecule has 6 heteroatoms. The van der Waals surface area contributed by atoms with E-state index in [1.165, 1.54) is 5.56 Å². The number of nitrogens with zero attached hydrogens (tertiary/aromatic N) is 2. The van der Waals surface area contributed by atoms with E-state index in [9.17, 15) is 4.79 Å². The van der Waals surface area contributed by atoms with Crippen LogP contribution in [0.4, 0.5) is 0 Å². The Morgan fingerprint density at radius 2 is 2.03 bits per heavy atom. The van der Waals surface area contributed by atoms with Gasteiger partial charge >= 0.3 is 0 Å². The minimum atomic E-state index is -0.586. The second-order valence-electron chi connectivity index (χ2n) is 8.37. The fourth-order valence-corrected chi connectivity index (χ4v) is 4.60. The van der Waals surface area contributed by atoms with Crippen molar-refractivity contribution in [3.05, 3.63) is 66.0 Å². The molecule has 1 N–H and O–H groups in total. The minimum absolute atomic E-state index is 0.0269. The molecule has 0 radical (unpaired) electrons. The fraction of sp³-hybridized carbons (Fsp3) is 0.500. The molecule has 1 aromatic heterocycles. The Balaban J connectivity index is 1.23. The van der Waals surface area contributed by atoms with Gasteiger partial charge in [0, 0.05) is 45.7 Å². The summed E-state index contributed by atoms with van der Waals surface area (Å²) in [5.41, 5.74) is 2.09. The summed E-state index contributed by atoms with van der Waals surface area (Å²) in [5, 5.41) is 3.03. The number of methoxy groups -OCH3 is 1. The molecule has 2 saturated heterocycles. The average molecular weight is 410 g/mol. The van der Waals surface area contributed by atoms with E-state index in [0.717, 1.165) is 50.9 Å². The molecule has 3 heterocycles. The van der Waals surface area contributed by atoms with Gasteiger partial charge in [0.1, 0.15) is 0 Å². The highest BCUT2D eigenvalue weighted by Gasteiger charge is 2.42. The summed E-state index contributed by atoms with van der Waals surface area (Å²) in [4.78, 5) is 19.3. The largest absolute Gasteiger partial charge is 0.370 e. The van der Waals surface area contributed by atoms with Crippen LogP contribution in [0.3, 0.4) is 0 Å². The number of hydrogen-bond acceptors (Lipinski definition) is 5. The molecule has 2 aromatic rings. The van der Waals surface area contributed by atoms with Crippen LogP contribution in [0.25, 0.3) is 0 Å². The number of amides is 1. The molecule has 160 valence electrons. The zero-order valence-electron chi connectivity index (χ0n) is 17.6. The van der Waals surface area contributed by atoms with E-state index in [4.69, 9.17) is 9.47 Å². The predicted molar refractivity (Wildman–Crippen MR) is 115 cm³/mol. The zero-order chi connectivity index (χ0) is 20.8. The Hall–Kier alpha value is -2.28. The SMILES string of the molecule is COC(C(=O)NCC1CCC2(CCN(Cc3cccnc3)CC2)O1)c1ccccc1. The van der Waals surface area contributed by atoms with Crippen molar-refractivity contribution in [2.24, 2.45) is 0 Å². The monoisotopic (exact) mass is 409 g/mol. The molecular formula is C24H31N3O3. The van der Waals surface area contributed by atoms with Crippen LogP contribution in [0.2, 0.25) is 0 Å². The minimum Gasteiger partial charge on any atom is -0.370 e. The summed E-state index contributed by atoms with van der Waals surface area (Å²) < 4.78 is 11.9. The molecule has 1 aromatic carbocycles. The number of carbonyl (C=O) groups is 1. The molecule has 0 saturated carbocycles. The van der Waals surface area contributed by atoms with E-state index < -0.39 is 6.10 Å². The van der Waals surface area contributed by atoms with E-state index in [1.807, 2.05) is 48.8 Å². The van der Waals surface area contributed by atoms with E-state index >= 15 is 0 Å². The lowest BCUT2D eigenvalue weighted by molar-refractivity contribution is -0.133. The standard InChI is InChI=1S/C24H31N3O3/c1-29-22(20-7-3-2-4-8-20)23(28)26-17-21-9-10-24(30-21)11-14-27(15-12-24)18-19-6-5-13-25-16-19/h2-8,13,16,21-22H,9-12,14-15,17-18H2,1H3,(H,26,28). The van der Waals surface area contributed by atoms with Gasteiger partial charge in [-0.15, -0.1) is 0 Å². The number of aromatic nitrogens is 1. The smallest absolute Gasteiger partial charge is 0.253 e. The maximum absolute atomic E-state index is 12.6. The van der Waals surface area contributed by atoms with Gasteiger partial charge in [0.25, 0.3) is 5.91 Å². The van der Waals surface area contributed by atoms with Crippen molar-refractivity contribution in [3.63, 3.8) is 0 Å². The first-order valence-corrected chi connectivity index (χ1v) is 10.8. The van der Waals surface area contributed by atoms with Gasteiger partial charge in [0.2, 0.25) is 0 Å². The Kier molecular flexibility index (Phi) is 6.77. The Morgan fingerprint density at radius 1 is 1.23 bits per heavy atom. The van der Waals surface area contributed by atoms with Gasteiger partial charge in [-0.1, -0.05) is 36.4 Å². The quantitative estimate of drug-likeness (QED) is 0.761. The molecule has 1 spiro atoms. The first-order chi connectivity index (χ1) is 14.7. The van der Waals surface area contributed by atoms with Crippen molar-refractivity contribution >= 4 is 5.91 Å². The topological polar surface area (TPSA) is 63.7 Å². The zero-order valence-corrected chi connectivity index (χ0v) is 17.6. The third-order valence-corrected chi connectivity index (χ3v) is 6.31. The normalized spacial score (nSPS) is 22.1. The maximum atomic E-state index is 12.6. The van der Waals surface area contributed by atoms with Crippen LogP contribution < -0.4 is 5.32 Å². The number of nitrogens with one attached hydrogen (secondary N) is 1. The number of carbonyl (C=O) groups excluding carboxylic acids is 1. The Bertz CT molecular complexity index is 807. The molecule has 0 bridgehead atoms. The number of pyridine rings is 1. The number of hydrogen-bond donors (Lipinski definition) is 1. The lowest BCUT2D eigenvalue weighted by atomic mass is 9.88. The predicted octanol–water partition coefficient (Wildman–Crippen LogP) is 3.10. The summed E-state index contributed by atoms with van der Waals surface area (Å²) in [5.74, 6) is -0.112. The van der Waals surface area contributed by atoms with Crippen molar-refractivity contribution in [1.29, 1.82) is 0 Å². The van der Waals surface area contributed by atoms with Crippen LogP contribution in [0.5, 0.6) is 0 Å². The number of benzene rings is 1. The highest BCUT2D eigenvalue weighted by molar-refractivity contribution is 5.82. The number of likely N-dealkylation sites (tertiary alicyclic amines) is 1. The van der Waals surface area contributed by atoms with Gasteiger partial charge in [0.15, 0.2) is 6.10 Å². The van der Waals surface area contributed by atoms with Crippen molar-refractivity contribution in [2.75, 3.05) is 26.7 Å². The van der Waals surface area contributed by atoms with Crippen molar-refractivity contribution in [1.82, 2.24) is 15.2 Å². The maximum Gasteiger partial charge on any atom is 0.253 e. The number of piperidine rings is 1. The van der Waals surface area contributed by atoms with E-state index in [2.05, 4.69) is 21.3 Å². The summed E-state index contributed by atoms with van der Waals surface area (Å²) in [7, 11) is 1.57. The lowest BCUT2D eigenvalue weighted by Crippen LogP contribution is -2.45. The van der Waals surface area contributed by atoms with Crippen LogP contribution in [0.1, 0.15) is 42.9 Å². The summed E-state index contributed by atoms with van der Waals surface area (Å²) >= 11 is 0. The second-order valence-corrected chi connectivity index (χ2v) is 8.37.